The molecule has 1 saturated heterocycles. The van der Waals surface area contributed by atoms with Crippen molar-refractivity contribution in [3.05, 3.63) is 30.3 Å². The summed E-state index contributed by atoms with van der Waals surface area (Å²) in [6.07, 6.45) is 2.65. The van der Waals surface area contributed by atoms with Crippen LogP contribution in [0.25, 0.3) is 0 Å². The van der Waals surface area contributed by atoms with E-state index in [4.69, 9.17) is 0 Å². The fraction of sp³-hybridized carbons (Fsp3) is 0.455. The van der Waals surface area contributed by atoms with Crippen molar-refractivity contribution in [1.82, 2.24) is 0 Å². The van der Waals surface area contributed by atoms with E-state index in [1.165, 1.54) is 31.6 Å². The van der Waals surface area contributed by atoms with E-state index in [2.05, 4.69) is 41.0 Å². The van der Waals surface area contributed by atoms with Gasteiger partial charge in [-0.2, -0.15) is 0 Å². The molecule has 1 aliphatic rings. The lowest BCUT2D eigenvalue weighted by atomic mass is 10.1. The lowest BCUT2D eigenvalue weighted by Gasteiger charge is -2.22. The second-order valence-corrected chi connectivity index (χ2v) is 3.66. The van der Waals surface area contributed by atoms with E-state index in [0.717, 1.165) is 0 Å². The summed E-state index contributed by atoms with van der Waals surface area (Å²) in [5, 5.41) is 5.94. The van der Waals surface area contributed by atoms with Gasteiger partial charge in [0.2, 0.25) is 0 Å². The second kappa shape index (κ2) is 4.28. The number of nitrogens with one attached hydrogen (secondary N) is 1. The fourth-order valence-corrected chi connectivity index (χ4v) is 1.85. The van der Waals surface area contributed by atoms with Crippen molar-refractivity contribution < 1.29 is 5.32 Å². The van der Waals surface area contributed by atoms with Crippen LogP contribution in [0.5, 0.6) is 0 Å². The zero-order valence-corrected chi connectivity index (χ0v) is 7.87. The lowest BCUT2D eigenvalue weighted by molar-refractivity contribution is -0.663. The van der Waals surface area contributed by atoms with Crippen molar-refractivity contribution in [1.29, 1.82) is 0 Å². The smallest absolute Gasteiger partial charge is 0.0960 e. The average molecular weight is 177 g/mol. The van der Waals surface area contributed by atoms with E-state index in [1.54, 1.807) is 0 Å². The van der Waals surface area contributed by atoms with Gasteiger partial charge in [-0.3, -0.25) is 0 Å². The molecular formula is C11H17N2+. The molecule has 3 N–H and O–H groups in total. The highest BCUT2D eigenvalue weighted by molar-refractivity contribution is 5.43. The minimum absolute atomic E-state index is 0.663. The zero-order valence-electron chi connectivity index (χ0n) is 7.87. The number of para-hydroxylation sites is 1. The normalized spacial score (nSPS) is 22.6. The van der Waals surface area contributed by atoms with Crippen LogP contribution in [0.2, 0.25) is 0 Å². The molecule has 70 valence electrons. The molecule has 2 rings (SSSR count). The average Bonchev–Trinajstić information content (AvgIpc) is 2.21. The largest absolute Gasteiger partial charge is 0.377 e. The van der Waals surface area contributed by atoms with Gasteiger partial charge in [0.15, 0.2) is 0 Å². The highest BCUT2D eigenvalue weighted by Crippen LogP contribution is 2.09. The van der Waals surface area contributed by atoms with E-state index >= 15 is 0 Å². The molecule has 0 saturated carbocycles. The Hall–Kier alpha value is -1.02. The van der Waals surface area contributed by atoms with Crippen molar-refractivity contribution >= 4 is 5.69 Å². The molecule has 0 aliphatic carbocycles. The molecule has 1 heterocycles. The van der Waals surface area contributed by atoms with Crippen LogP contribution < -0.4 is 10.6 Å². The number of quaternary nitrogens is 1. The molecule has 1 aliphatic heterocycles. The van der Waals surface area contributed by atoms with Crippen LogP contribution >= 0.6 is 0 Å². The van der Waals surface area contributed by atoms with Crippen LogP contribution in [-0.2, 0) is 0 Å². The summed E-state index contributed by atoms with van der Waals surface area (Å²) in [5.74, 6) is 0. The third kappa shape index (κ3) is 2.46. The third-order valence-corrected chi connectivity index (χ3v) is 2.56. The Bertz CT molecular complexity index is 240. The molecule has 0 amide bonds. The van der Waals surface area contributed by atoms with Crippen LogP contribution in [0, 0.1) is 0 Å². The van der Waals surface area contributed by atoms with E-state index in [-0.39, 0.29) is 0 Å². The topological polar surface area (TPSA) is 28.6 Å². The van der Waals surface area contributed by atoms with E-state index < -0.39 is 0 Å². The van der Waals surface area contributed by atoms with Gasteiger partial charge in [-0.25, -0.2) is 0 Å². The zero-order chi connectivity index (χ0) is 8.93. The Labute approximate surface area is 79.4 Å². The number of anilines is 1. The maximum atomic E-state index is 3.55. The first-order chi connectivity index (χ1) is 6.45. The van der Waals surface area contributed by atoms with Gasteiger partial charge in [-0.05, 0) is 25.0 Å². The van der Waals surface area contributed by atoms with E-state index in [1.807, 2.05) is 0 Å². The maximum Gasteiger partial charge on any atom is 0.0960 e. The van der Waals surface area contributed by atoms with Gasteiger partial charge >= 0.3 is 0 Å². The third-order valence-electron chi connectivity index (χ3n) is 2.56. The Kier molecular flexibility index (Phi) is 2.82. The lowest BCUT2D eigenvalue weighted by Crippen LogP contribution is -2.88. The molecule has 1 fully saturated rings. The van der Waals surface area contributed by atoms with Crippen LogP contribution in [0.4, 0.5) is 5.69 Å². The summed E-state index contributed by atoms with van der Waals surface area (Å²) >= 11 is 0. The minimum Gasteiger partial charge on any atom is -0.377 e. The molecular weight excluding hydrogens is 160 g/mol. The summed E-state index contributed by atoms with van der Waals surface area (Å²) < 4.78 is 0. The van der Waals surface area contributed by atoms with Gasteiger partial charge in [0.1, 0.15) is 0 Å². The van der Waals surface area contributed by atoms with E-state index in [9.17, 15) is 0 Å². The fourth-order valence-electron chi connectivity index (χ4n) is 1.85. The number of nitrogens with two attached hydrogens (primary N) is 1. The molecule has 0 bridgehead atoms. The Morgan fingerprint density at radius 3 is 2.77 bits per heavy atom. The van der Waals surface area contributed by atoms with Crippen LogP contribution in [0.1, 0.15) is 12.8 Å². The number of benzene rings is 1. The maximum absolute atomic E-state index is 3.55. The Morgan fingerprint density at radius 2 is 2.08 bits per heavy atom. The Morgan fingerprint density at radius 1 is 1.23 bits per heavy atom. The van der Waals surface area contributed by atoms with Crippen molar-refractivity contribution in [2.75, 3.05) is 18.4 Å². The summed E-state index contributed by atoms with van der Waals surface area (Å²) in [6.45, 7) is 2.52. The molecule has 13 heavy (non-hydrogen) atoms. The second-order valence-electron chi connectivity index (χ2n) is 3.66. The molecule has 1 unspecified atom stereocenters. The van der Waals surface area contributed by atoms with Gasteiger partial charge in [0, 0.05) is 5.69 Å². The number of hydrogen-bond donors (Lipinski definition) is 2. The van der Waals surface area contributed by atoms with Gasteiger partial charge < -0.3 is 10.6 Å². The molecule has 1 atom stereocenters. The van der Waals surface area contributed by atoms with Crippen LogP contribution in [0.3, 0.4) is 0 Å². The standard InChI is InChI=1S/C11H16N2/c1-2-5-10(6-3-1)13-11-7-4-8-12-9-11/h1-3,5-6,11-13H,4,7-9H2/p+1. The molecule has 2 heteroatoms. The highest BCUT2D eigenvalue weighted by Gasteiger charge is 2.14. The number of piperidine rings is 1. The monoisotopic (exact) mass is 177 g/mol. The van der Waals surface area contributed by atoms with Gasteiger partial charge in [-0.15, -0.1) is 0 Å². The SMILES string of the molecule is c1ccc(NC2CCC[NH2+]C2)cc1. The first kappa shape index (κ1) is 8.57. The number of hydrogen-bond acceptors (Lipinski definition) is 1. The molecule has 1 aromatic carbocycles. The molecule has 1 aromatic rings. The van der Waals surface area contributed by atoms with Crippen LogP contribution in [0.15, 0.2) is 30.3 Å². The molecule has 2 nitrogen and oxygen atoms in total. The van der Waals surface area contributed by atoms with Crippen LogP contribution in [-0.4, -0.2) is 19.1 Å². The van der Waals surface area contributed by atoms with Gasteiger partial charge in [0.25, 0.3) is 0 Å². The molecule has 0 aromatic heterocycles. The van der Waals surface area contributed by atoms with Gasteiger partial charge in [0.05, 0.1) is 19.1 Å². The highest BCUT2D eigenvalue weighted by atomic mass is 15.0. The summed E-state index contributed by atoms with van der Waals surface area (Å²) in [5.41, 5.74) is 1.25. The predicted molar refractivity (Wildman–Crippen MR) is 54.7 cm³/mol. The molecule has 0 spiro atoms. The minimum atomic E-state index is 0.663. The van der Waals surface area contributed by atoms with E-state index in [0.29, 0.717) is 6.04 Å². The van der Waals surface area contributed by atoms with Crippen molar-refractivity contribution in [3.8, 4) is 0 Å². The number of rotatable bonds is 2. The summed E-state index contributed by atoms with van der Waals surface area (Å²) in [7, 11) is 0. The van der Waals surface area contributed by atoms with Crippen molar-refractivity contribution in [3.63, 3.8) is 0 Å². The predicted octanol–water partition coefficient (Wildman–Crippen LogP) is 0.824. The van der Waals surface area contributed by atoms with Crippen molar-refractivity contribution in [2.24, 2.45) is 0 Å². The summed E-state index contributed by atoms with van der Waals surface area (Å²) in [6, 6.07) is 11.1. The van der Waals surface area contributed by atoms with Crippen molar-refractivity contribution in [2.45, 2.75) is 18.9 Å². The first-order valence-corrected chi connectivity index (χ1v) is 5.08. The quantitative estimate of drug-likeness (QED) is 0.688. The molecule has 0 radical (unpaired) electrons. The Balaban J connectivity index is 1.90. The van der Waals surface area contributed by atoms with Gasteiger partial charge in [-0.1, -0.05) is 18.2 Å². The first-order valence-electron chi connectivity index (χ1n) is 5.08. The summed E-state index contributed by atoms with van der Waals surface area (Å²) in [4.78, 5) is 0.